The third kappa shape index (κ3) is 4.39. The second-order valence-corrected chi connectivity index (χ2v) is 5.61. The number of thioether (sulfide) groups is 1. The van der Waals surface area contributed by atoms with Crippen LogP contribution in [0.5, 0.6) is 0 Å². The van der Waals surface area contributed by atoms with Gasteiger partial charge in [-0.05, 0) is 17.5 Å². The third-order valence-corrected chi connectivity index (χ3v) is 4.13. The van der Waals surface area contributed by atoms with Crippen LogP contribution in [0, 0.1) is 0 Å². The molecule has 0 radical (unpaired) electrons. The summed E-state index contributed by atoms with van der Waals surface area (Å²) in [4.78, 5) is 27.3. The first-order valence-corrected chi connectivity index (χ1v) is 7.51. The minimum absolute atomic E-state index is 0.0562. The van der Waals surface area contributed by atoms with Gasteiger partial charge >= 0.3 is 5.97 Å². The van der Waals surface area contributed by atoms with Crippen molar-refractivity contribution < 1.29 is 14.3 Å². The highest BCUT2D eigenvalue weighted by Crippen LogP contribution is 2.15. The quantitative estimate of drug-likeness (QED) is 0.490. The van der Waals surface area contributed by atoms with E-state index in [9.17, 15) is 9.59 Å². The highest BCUT2D eigenvalue weighted by molar-refractivity contribution is 7.99. The molecule has 1 amide bonds. The van der Waals surface area contributed by atoms with E-state index in [1.165, 1.54) is 23.6 Å². The number of methoxy groups -OCH3 is 1. The zero-order valence-corrected chi connectivity index (χ0v) is 12.9. The normalized spacial score (nSPS) is 16.0. The van der Waals surface area contributed by atoms with Gasteiger partial charge in [0.05, 0.1) is 12.9 Å². The molecule has 1 saturated heterocycles. The van der Waals surface area contributed by atoms with Gasteiger partial charge in [-0.25, -0.2) is 4.68 Å². The number of aromatic nitrogens is 4. The molecule has 0 N–H and O–H groups in total. The van der Waals surface area contributed by atoms with Crippen molar-refractivity contribution in [2.75, 3.05) is 46.1 Å². The van der Waals surface area contributed by atoms with Gasteiger partial charge in [0.2, 0.25) is 11.1 Å². The van der Waals surface area contributed by atoms with E-state index in [-0.39, 0.29) is 18.2 Å². The lowest BCUT2D eigenvalue weighted by atomic mass is 10.3. The molecule has 0 bridgehead atoms. The molecule has 2 rings (SSSR count). The predicted molar refractivity (Wildman–Crippen MR) is 74.6 cm³/mol. The van der Waals surface area contributed by atoms with Crippen molar-refractivity contribution in [3.63, 3.8) is 0 Å². The molecule has 9 nitrogen and oxygen atoms in total. The molecule has 0 spiro atoms. The largest absolute Gasteiger partial charge is 0.468 e. The number of nitrogens with zero attached hydrogens (tertiary/aromatic N) is 6. The first-order chi connectivity index (χ1) is 10.1. The first-order valence-electron chi connectivity index (χ1n) is 6.52. The van der Waals surface area contributed by atoms with E-state index in [0.29, 0.717) is 5.16 Å². The van der Waals surface area contributed by atoms with Gasteiger partial charge in [0.25, 0.3) is 0 Å². The molecule has 21 heavy (non-hydrogen) atoms. The van der Waals surface area contributed by atoms with Crippen LogP contribution in [0.25, 0.3) is 0 Å². The first kappa shape index (κ1) is 15.7. The summed E-state index contributed by atoms with van der Waals surface area (Å²) in [5.41, 5.74) is 0. The molecule has 1 aromatic rings. The van der Waals surface area contributed by atoms with Crippen LogP contribution < -0.4 is 0 Å². The smallest absolute Gasteiger partial charge is 0.327 e. The molecule has 0 unspecified atom stereocenters. The second-order valence-electron chi connectivity index (χ2n) is 4.67. The number of carbonyl (C=O) groups excluding carboxylic acids is 2. The van der Waals surface area contributed by atoms with E-state index in [4.69, 9.17) is 0 Å². The highest BCUT2D eigenvalue weighted by atomic mass is 32.2. The fraction of sp³-hybridized carbons (Fsp3) is 0.727. The summed E-state index contributed by atoms with van der Waals surface area (Å²) < 4.78 is 5.89. The second kappa shape index (κ2) is 7.36. The average molecular weight is 314 g/mol. The van der Waals surface area contributed by atoms with Crippen molar-refractivity contribution in [3.8, 4) is 0 Å². The molecule has 1 aromatic heterocycles. The van der Waals surface area contributed by atoms with Crippen molar-refractivity contribution in [1.82, 2.24) is 30.0 Å². The highest BCUT2D eigenvalue weighted by Gasteiger charge is 2.20. The Morgan fingerprint density at radius 3 is 2.67 bits per heavy atom. The maximum absolute atomic E-state index is 12.1. The predicted octanol–water partition coefficient (Wildman–Crippen LogP) is -1.29. The van der Waals surface area contributed by atoms with Crippen LogP contribution >= 0.6 is 11.8 Å². The number of carbonyl (C=O) groups is 2. The lowest BCUT2D eigenvalue weighted by molar-refractivity contribution is -0.141. The van der Waals surface area contributed by atoms with E-state index in [2.05, 4.69) is 25.2 Å². The molecule has 2 heterocycles. The Morgan fingerprint density at radius 2 is 2.00 bits per heavy atom. The monoisotopic (exact) mass is 314 g/mol. The Morgan fingerprint density at radius 1 is 1.29 bits per heavy atom. The van der Waals surface area contributed by atoms with E-state index in [1.807, 2.05) is 11.9 Å². The standard InChI is InChI=1S/C11H18N6O3S/c1-15-3-5-16(6-4-15)9(18)8-21-11-12-13-14-17(11)7-10(19)20-2/h3-8H2,1-2H3. The van der Waals surface area contributed by atoms with Gasteiger partial charge in [-0.1, -0.05) is 11.8 Å². The average Bonchev–Trinajstić information content (AvgIpc) is 2.92. The van der Waals surface area contributed by atoms with Crippen molar-refractivity contribution >= 4 is 23.6 Å². The number of ether oxygens (including phenoxy) is 1. The van der Waals surface area contributed by atoms with Crippen LogP contribution in [0.1, 0.15) is 0 Å². The summed E-state index contributed by atoms with van der Waals surface area (Å²) >= 11 is 1.22. The fourth-order valence-corrected chi connectivity index (χ4v) is 2.64. The molecule has 0 aliphatic carbocycles. The number of hydrogen-bond donors (Lipinski definition) is 0. The third-order valence-electron chi connectivity index (χ3n) is 3.19. The summed E-state index contributed by atoms with van der Waals surface area (Å²) in [6, 6.07) is 0. The topological polar surface area (TPSA) is 93.4 Å². The SMILES string of the molecule is COC(=O)Cn1nnnc1SCC(=O)N1CCN(C)CC1. The number of amides is 1. The Labute approximate surface area is 126 Å². The molecule has 0 aromatic carbocycles. The lowest BCUT2D eigenvalue weighted by Gasteiger charge is -2.32. The van der Waals surface area contributed by atoms with Crippen molar-refractivity contribution in [1.29, 1.82) is 0 Å². The summed E-state index contributed by atoms with van der Waals surface area (Å²) in [6.45, 7) is 3.19. The molecule has 1 fully saturated rings. The molecule has 0 saturated carbocycles. The molecular weight excluding hydrogens is 296 g/mol. The van der Waals surface area contributed by atoms with Crippen molar-refractivity contribution in [3.05, 3.63) is 0 Å². The molecule has 10 heteroatoms. The number of esters is 1. The van der Waals surface area contributed by atoms with Crippen LogP contribution in [0.15, 0.2) is 5.16 Å². The van der Waals surface area contributed by atoms with Gasteiger partial charge in [-0.15, -0.1) is 5.10 Å². The molecular formula is C11H18N6O3S. The Hall–Kier alpha value is -1.68. The number of rotatable bonds is 5. The van der Waals surface area contributed by atoms with Gasteiger partial charge < -0.3 is 14.5 Å². The molecule has 1 aliphatic heterocycles. The van der Waals surface area contributed by atoms with E-state index < -0.39 is 5.97 Å². The van der Waals surface area contributed by atoms with Gasteiger partial charge in [-0.3, -0.25) is 9.59 Å². The minimum Gasteiger partial charge on any atom is -0.468 e. The maximum Gasteiger partial charge on any atom is 0.327 e. The molecule has 1 aliphatic rings. The van der Waals surface area contributed by atoms with E-state index in [0.717, 1.165) is 26.2 Å². The van der Waals surface area contributed by atoms with Crippen LogP contribution in [-0.4, -0.2) is 88.0 Å². The van der Waals surface area contributed by atoms with Crippen molar-refractivity contribution in [2.45, 2.75) is 11.7 Å². The summed E-state index contributed by atoms with van der Waals surface area (Å²) in [5, 5.41) is 11.5. The van der Waals surface area contributed by atoms with Crippen molar-refractivity contribution in [2.24, 2.45) is 0 Å². The van der Waals surface area contributed by atoms with Crippen LogP contribution in [0.3, 0.4) is 0 Å². The van der Waals surface area contributed by atoms with Crippen LogP contribution in [0.2, 0.25) is 0 Å². The number of hydrogen-bond acceptors (Lipinski definition) is 8. The Bertz CT molecular complexity index is 500. The van der Waals surface area contributed by atoms with Gasteiger partial charge in [0, 0.05) is 26.2 Å². The number of tetrazole rings is 1. The van der Waals surface area contributed by atoms with E-state index >= 15 is 0 Å². The van der Waals surface area contributed by atoms with Gasteiger partial charge in [0.1, 0.15) is 6.54 Å². The Balaban J connectivity index is 1.84. The van der Waals surface area contributed by atoms with Crippen LogP contribution in [0.4, 0.5) is 0 Å². The zero-order chi connectivity index (χ0) is 15.2. The summed E-state index contributed by atoms with van der Waals surface area (Å²) in [7, 11) is 3.34. The maximum atomic E-state index is 12.1. The molecule has 0 atom stereocenters. The van der Waals surface area contributed by atoms with Crippen LogP contribution in [-0.2, 0) is 20.9 Å². The molecule has 116 valence electrons. The minimum atomic E-state index is -0.436. The van der Waals surface area contributed by atoms with Gasteiger partial charge in [-0.2, -0.15) is 0 Å². The van der Waals surface area contributed by atoms with E-state index in [1.54, 1.807) is 0 Å². The lowest BCUT2D eigenvalue weighted by Crippen LogP contribution is -2.47. The summed E-state index contributed by atoms with van der Waals surface area (Å²) in [6.07, 6.45) is 0. The Kier molecular flexibility index (Phi) is 5.51. The zero-order valence-electron chi connectivity index (χ0n) is 12.1. The number of piperazine rings is 1. The fourth-order valence-electron chi connectivity index (χ4n) is 1.86. The summed E-state index contributed by atoms with van der Waals surface area (Å²) in [5.74, 6) is -0.124. The van der Waals surface area contributed by atoms with Gasteiger partial charge in [0.15, 0.2) is 0 Å². The number of likely N-dealkylation sites (N-methyl/N-ethyl adjacent to an activating group) is 1.